The summed E-state index contributed by atoms with van der Waals surface area (Å²) < 4.78 is 5.23. The molecule has 1 aromatic carbocycles. The van der Waals surface area contributed by atoms with Gasteiger partial charge < -0.3 is 15.8 Å². The van der Waals surface area contributed by atoms with Crippen molar-refractivity contribution >= 4 is 11.6 Å². The van der Waals surface area contributed by atoms with Crippen LogP contribution in [0.3, 0.4) is 0 Å². The van der Waals surface area contributed by atoms with Crippen LogP contribution < -0.4 is 11.1 Å². The van der Waals surface area contributed by atoms with Crippen molar-refractivity contribution in [2.24, 2.45) is 5.73 Å². The van der Waals surface area contributed by atoms with E-state index in [4.69, 9.17) is 10.5 Å². The molecule has 0 radical (unpaired) electrons. The molecule has 0 heterocycles. The Morgan fingerprint density at radius 2 is 2.29 bits per heavy atom. The lowest BCUT2D eigenvalue weighted by Gasteiger charge is -2.07. The fraction of sp³-hybridized carbons (Fsp3) is 0.462. The summed E-state index contributed by atoms with van der Waals surface area (Å²) in [5.74, 6) is -0.129. The summed E-state index contributed by atoms with van der Waals surface area (Å²) >= 11 is 0. The lowest BCUT2D eigenvalue weighted by molar-refractivity contribution is -0.120. The highest BCUT2D eigenvalue weighted by molar-refractivity contribution is 5.91. The van der Waals surface area contributed by atoms with Crippen molar-refractivity contribution in [2.45, 2.75) is 26.3 Å². The first-order chi connectivity index (χ1) is 8.26. The normalized spacial score (nSPS) is 10.2. The van der Waals surface area contributed by atoms with Crippen molar-refractivity contribution in [1.29, 1.82) is 0 Å². The van der Waals surface area contributed by atoms with Crippen LogP contribution in [0.4, 0.5) is 5.69 Å². The van der Waals surface area contributed by atoms with Gasteiger partial charge in [0, 0.05) is 18.8 Å². The van der Waals surface area contributed by atoms with Gasteiger partial charge in [0.15, 0.2) is 0 Å². The minimum Gasteiger partial charge on any atom is -0.372 e. The molecular weight excluding hydrogens is 216 g/mol. The molecule has 0 fully saturated rings. The zero-order valence-corrected chi connectivity index (χ0v) is 10.2. The highest BCUT2D eigenvalue weighted by Crippen LogP contribution is 2.09. The third-order valence-corrected chi connectivity index (χ3v) is 2.32. The molecule has 0 saturated carbocycles. The molecular formula is C13H20N2O2. The van der Waals surface area contributed by atoms with Crippen LogP contribution in [0.15, 0.2) is 24.3 Å². The predicted molar refractivity (Wildman–Crippen MR) is 68.7 cm³/mol. The van der Waals surface area contributed by atoms with Crippen LogP contribution in [0.1, 0.15) is 25.3 Å². The number of carbonyl (C=O) groups is 1. The van der Waals surface area contributed by atoms with Crippen molar-refractivity contribution in [3.8, 4) is 0 Å². The second-order valence-electron chi connectivity index (χ2n) is 3.86. The highest BCUT2D eigenvalue weighted by atomic mass is 16.5. The van der Waals surface area contributed by atoms with E-state index >= 15 is 0 Å². The van der Waals surface area contributed by atoms with Crippen LogP contribution in [0, 0.1) is 0 Å². The minimum absolute atomic E-state index is 0.104. The molecule has 94 valence electrons. The van der Waals surface area contributed by atoms with Crippen LogP contribution in [0.2, 0.25) is 0 Å². The third kappa shape index (κ3) is 5.47. The smallest absolute Gasteiger partial charge is 0.250 e. The number of benzene rings is 1. The summed E-state index contributed by atoms with van der Waals surface area (Å²) in [4.78, 5) is 11.5. The van der Waals surface area contributed by atoms with E-state index in [0.717, 1.165) is 24.1 Å². The second kappa shape index (κ2) is 7.81. The molecule has 0 aliphatic heterocycles. The fourth-order valence-electron chi connectivity index (χ4n) is 1.38. The summed E-state index contributed by atoms with van der Waals surface area (Å²) in [5.41, 5.74) is 7.28. The van der Waals surface area contributed by atoms with Gasteiger partial charge in [0.05, 0.1) is 0 Å². The minimum atomic E-state index is -0.129. The van der Waals surface area contributed by atoms with Gasteiger partial charge in [-0.3, -0.25) is 4.79 Å². The topological polar surface area (TPSA) is 64.3 Å². The van der Waals surface area contributed by atoms with E-state index in [0.29, 0.717) is 13.2 Å². The molecule has 0 aliphatic carbocycles. The number of anilines is 1. The lowest BCUT2D eigenvalue weighted by Crippen LogP contribution is -2.18. The molecule has 3 N–H and O–H groups in total. The van der Waals surface area contributed by atoms with E-state index in [-0.39, 0.29) is 12.5 Å². The first-order valence-corrected chi connectivity index (χ1v) is 5.93. The number of amides is 1. The highest BCUT2D eigenvalue weighted by Gasteiger charge is 2.02. The van der Waals surface area contributed by atoms with E-state index in [9.17, 15) is 4.79 Å². The van der Waals surface area contributed by atoms with Crippen LogP contribution in [0.25, 0.3) is 0 Å². The van der Waals surface area contributed by atoms with Gasteiger partial charge in [0.1, 0.15) is 6.61 Å². The quantitative estimate of drug-likeness (QED) is 0.711. The van der Waals surface area contributed by atoms with Crippen molar-refractivity contribution in [1.82, 2.24) is 0 Å². The number of nitrogens with one attached hydrogen (secondary N) is 1. The van der Waals surface area contributed by atoms with Gasteiger partial charge in [-0.15, -0.1) is 0 Å². The number of carbonyl (C=O) groups excluding carboxylic acids is 1. The van der Waals surface area contributed by atoms with Crippen molar-refractivity contribution in [3.63, 3.8) is 0 Å². The number of hydrogen-bond acceptors (Lipinski definition) is 3. The molecule has 17 heavy (non-hydrogen) atoms. The zero-order valence-electron chi connectivity index (χ0n) is 10.2. The lowest BCUT2D eigenvalue weighted by atomic mass is 10.2. The molecule has 0 aromatic heterocycles. The summed E-state index contributed by atoms with van der Waals surface area (Å²) in [6.45, 7) is 3.29. The SMILES string of the molecule is CCCCOCC(=O)Nc1cccc(CN)c1. The Kier molecular flexibility index (Phi) is 6.29. The first-order valence-electron chi connectivity index (χ1n) is 5.93. The number of rotatable bonds is 7. The molecule has 0 aliphatic rings. The predicted octanol–water partition coefficient (Wildman–Crippen LogP) is 1.90. The van der Waals surface area contributed by atoms with Gasteiger partial charge in [0.25, 0.3) is 0 Å². The number of hydrogen-bond donors (Lipinski definition) is 2. The number of ether oxygens (including phenoxy) is 1. The number of unbranched alkanes of at least 4 members (excludes halogenated alkanes) is 1. The van der Waals surface area contributed by atoms with Gasteiger partial charge in [-0.25, -0.2) is 0 Å². The molecule has 0 unspecified atom stereocenters. The molecule has 0 saturated heterocycles. The largest absolute Gasteiger partial charge is 0.372 e. The van der Waals surface area contributed by atoms with E-state index in [1.807, 2.05) is 24.3 Å². The maximum atomic E-state index is 11.5. The molecule has 4 nitrogen and oxygen atoms in total. The standard InChI is InChI=1S/C13H20N2O2/c1-2-3-7-17-10-13(16)15-12-6-4-5-11(8-12)9-14/h4-6,8H,2-3,7,9-10,14H2,1H3,(H,15,16). The summed E-state index contributed by atoms with van der Waals surface area (Å²) in [5, 5.41) is 2.77. The van der Waals surface area contributed by atoms with E-state index in [2.05, 4.69) is 12.2 Å². The molecule has 1 rings (SSSR count). The Labute approximate surface area is 102 Å². The Hall–Kier alpha value is -1.39. The van der Waals surface area contributed by atoms with Gasteiger partial charge in [-0.05, 0) is 24.1 Å². The molecule has 1 aromatic rings. The fourth-order valence-corrected chi connectivity index (χ4v) is 1.38. The average Bonchev–Trinajstić information content (AvgIpc) is 2.35. The van der Waals surface area contributed by atoms with Gasteiger partial charge in [0.2, 0.25) is 5.91 Å². The zero-order chi connectivity index (χ0) is 12.5. The Morgan fingerprint density at radius 3 is 3.00 bits per heavy atom. The van der Waals surface area contributed by atoms with Crippen LogP contribution in [0.5, 0.6) is 0 Å². The average molecular weight is 236 g/mol. The Balaban J connectivity index is 2.34. The molecule has 4 heteroatoms. The van der Waals surface area contributed by atoms with Crippen LogP contribution in [-0.4, -0.2) is 19.1 Å². The monoisotopic (exact) mass is 236 g/mol. The second-order valence-corrected chi connectivity index (χ2v) is 3.86. The summed E-state index contributed by atoms with van der Waals surface area (Å²) in [6, 6.07) is 7.50. The Bertz CT molecular complexity index is 353. The third-order valence-electron chi connectivity index (χ3n) is 2.32. The van der Waals surface area contributed by atoms with Gasteiger partial charge in [-0.1, -0.05) is 25.5 Å². The van der Waals surface area contributed by atoms with E-state index in [1.165, 1.54) is 0 Å². The van der Waals surface area contributed by atoms with Gasteiger partial charge >= 0.3 is 0 Å². The molecule has 1 amide bonds. The molecule has 0 atom stereocenters. The maximum absolute atomic E-state index is 11.5. The number of nitrogens with two attached hydrogens (primary N) is 1. The van der Waals surface area contributed by atoms with E-state index in [1.54, 1.807) is 0 Å². The Morgan fingerprint density at radius 1 is 1.47 bits per heavy atom. The van der Waals surface area contributed by atoms with Gasteiger partial charge in [-0.2, -0.15) is 0 Å². The van der Waals surface area contributed by atoms with Crippen LogP contribution >= 0.6 is 0 Å². The first kappa shape index (κ1) is 13.7. The molecule has 0 bridgehead atoms. The van der Waals surface area contributed by atoms with Crippen molar-refractivity contribution in [3.05, 3.63) is 29.8 Å². The van der Waals surface area contributed by atoms with E-state index < -0.39 is 0 Å². The van der Waals surface area contributed by atoms with Crippen molar-refractivity contribution < 1.29 is 9.53 Å². The summed E-state index contributed by atoms with van der Waals surface area (Å²) in [7, 11) is 0. The van der Waals surface area contributed by atoms with Crippen molar-refractivity contribution in [2.75, 3.05) is 18.5 Å². The molecule has 0 spiro atoms. The maximum Gasteiger partial charge on any atom is 0.250 e. The summed E-state index contributed by atoms with van der Waals surface area (Å²) in [6.07, 6.45) is 2.05. The van der Waals surface area contributed by atoms with Crippen LogP contribution in [-0.2, 0) is 16.1 Å².